The lowest BCUT2D eigenvalue weighted by atomic mass is 10.0. The van der Waals surface area contributed by atoms with Crippen LogP contribution in [-0.4, -0.2) is 47.9 Å². The number of carbonyl (C=O) groups is 2. The van der Waals surface area contributed by atoms with Gasteiger partial charge < -0.3 is 20.5 Å². The summed E-state index contributed by atoms with van der Waals surface area (Å²) < 4.78 is 5.43. The number of rotatable bonds is 6. The van der Waals surface area contributed by atoms with Crippen LogP contribution in [-0.2, 0) is 11.2 Å². The van der Waals surface area contributed by atoms with E-state index in [-0.39, 0.29) is 17.8 Å². The lowest BCUT2D eigenvalue weighted by molar-refractivity contribution is 0.0691. The fourth-order valence-corrected chi connectivity index (χ4v) is 2.91. The number of carboxylic acid groups (broad SMARTS) is 1. The van der Waals surface area contributed by atoms with Gasteiger partial charge in [-0.25, -0.2) is 14.6 Å². The molecular formula is C13H19N3O4S. The number of hydrogen-bond acceptors (Lipinski definition) is 5. The Balaban J connectivity index is 1.63. The standard InChI is InChI=1S/C13H19N3O4S/c1-8-9(3-5-20-8)6-15-13(19)14-4-2-11-16-10(7-21-11)12(17)18/h7-9H,2-6H2,1H3,(H,17,18)(H2,14,15,19). The number of nitrogens with one attached hydrogen (secondary N) is 2. The molecule has 1 aliphatic rings. The molecule has 2 unspecified atom stereocenters. The maximum atomic E-state index is 11.6. The first-order valence-electron chi connectivity index (χ1n) is 6.87. The van der Waals surface area contributed by atoms with Crippen LogP contribution in [0.25, 0.3) is 0 Å². The lowest BCUT2D eigenvalue weighted by Crippen LogP contribution is -2.40. The molecule has 21 heavy (non-hydrogen) atoms. The molecule has 2 atom stereocenters. The third-order valence-electron chi connectivity index (χ3n) is 3.45. The molecule has 1 aromatic rings. The van der Waals surface area contributed by atoms with Gasteiger partial charge in [0.15, 0.2) is 5.69 Å². The summed E-state index contributed by atoms with van der Waals surface area (Å²) in [6, 6.07) is -0.218. The average Bonchev–Trinajstić information content (AvgIpc) is 3.06. The zero-order valence-corrected chi connectivity index (χ0v) is 12.6. The predicted molar refractivity (Wildman–Crippen MR) is 77.7 cm³/mol. The molecule has 0 radical (unpaired) electrons. The molecule has 7 nitrogen and oxygen atoms in total. The van der Waals surface area contributed by atoms with E-state index in [1.54, 1.807) is 0 Å². The Kier molecular flexibility index (Phi) is 5.51. The Morgan fingerprint density at radius 2 is 2.33 bits per heavy atom. The Labute approximate surface area is 126 Å². The molecule has 3 N–H and O–H groups in total. The number of aromatic carboxylic acids is 1. The Hall–Kier alpha value is -1.67. The van der Waals surface area contributed by atoms with Gasteiger partial charge in [0.1, 0.15) is 0 Å². The normalized spacial score (nSPS) is 21.2. The highest BCUT2D eigenvalue weighted by atomic mass is 32.1. The van der Waals surface area contributed by atoms with Gasteiger partial charge in [-0.1, -0.05) is 0 Å². The van der Waals surface area contributed by atoms with Gasteiger partial charge in [0, 0.05) is 37.4 Å². The second kappa shape index (κ2) is 7.37. The van der Waals surface area contributed by atoms with Crippen molar-refractivity contribution in [3.05, 3.63) is 16.1 Å². The number of amides is 2. The number of carbonyl (C=O) groups excluding carboxylic acids is 1. The molecule has 8 heteroatoms. The number of carboxylic acids is 1. The number of aromatic nitrogens is 1. The lowest BCUT2D eigenvalue weighted by Gasteiger charge is -2.14. The maximum Gasteiger partial charge on any atom is 0.355 e. The van der Waals surface area contributed by atoms with Gasteiger partial charge in [-0.2, -0.15) is 0 Å². The monoisotopic (exact) mass is 313 g/mol. The largest absolute Gasteiger partial charge is 0.476 e. The second-order valence-electron chi connectivity index (χ2n) is 4.94. The summed E-state index contributed by atoms with van der Waals surface area (Å²) >= 11 is 1.28. The summed E-state index contributed by atoms with van der Waals surface area (Å²) in [5.74, 6) is -0.663. The fraction of sp³-hybridized carbons (Fsp3) is 0.615. The van der Waals surface area contributed by atoms with Crippen molar-refractivity contribution in [1.82, 2.24) is 15.6 Å². The van der Waals surface area contributed by atoms with E-state index in [0.29, 0.717) is 30.4 Å². The highest BCUT2D eigenvalue weighted by Gasteiger charge is 2.24. The van der Waals surface area contributed by atoms with Crippen molar-refractivity contribution >= 4 is 23.3 Å². The van der Waals surface area contributed by atoms with Crippen LogP contribution >= 0.6 is 11.3 Å². The van der Waals surface area contributed by atoms with Crippen LogP contribution in [0.3, 0.4) is 0 Å². The van der Waals surface area contributed by atoms with Gasteiger partial charge in [0.25, 0.3) is 0 Å². The zero-order chi connectivity index (χ0) is 15.2. The van der Waals surface area contributed by atoms with E-state index in [2.05, 4.69) is 15.6 Å². The third-order valence-corrected chi connectivity index (χ3v) is 4.36. The van der Waals surface area contributed by atoms with Gasteiger partial charge in [-0.15, -0.1) is 11.3 Å². The van der Waals surface area contributed by atoms with Gasteiger partial charge in [0.05, 0.1) is 11.1 Å². The molecule has 1 aliphatic heterocycles. The van der Waals surface area contributed by atoms with E-state index in [9.17, 15) is 9.59 Å². The SMILES string of the molecule is CC1OCCC1CNC(=O)NCCc1nc(C(=O)O)cs1. The van der Waals surface area contributed by atoms with Crippen molar-refractivity contribution in [2.45, 2.75) is 25.9 Å². The molecule has 0 spiro atoms. The van der Waals surface area contributed by atoms with E-state index in [4.69, 9.17) is 9.84 Å². The predicted octanol–water partition coefficient (Wildman–Crippen LogP) is 1.11. The topological polar surface area (TPSA) is 101 Å². The molecule has 0 aromatic carbocycles. The van der Waals surface area contributed by atoms with E-state index < -0.39 is 5.97 Å². The van der Waals surface area contributed by atoms with Crippen molar-refractivity contribution in [3.8, 4) is 0 Å². The number of ether oxygens (including phenoxy) is 1. The van der Waals surface area contributed by atoms with E-state index in [0.717, 1.165) is 13.0 Å². The van der Waals surface area contributed by atoms with Crippen molar-refractivity contribution in [2.24, 2.45) is 5.92 Å². The van der Waals surface area contributed by atoms with Crippen molar-refractivity contribution in [2.75, 3.05) is 19.7 Å². The van der Waals surface area contributed by atoms with Crippen LogP contribution in [0.5, 0.6) is 0 Å². The van der Waals surface area contributed by atoms with Crippen LogP contribution < -0.4 is 10.6 Å². The minimum absolute atomic E-state index is 0.0506. The molecule has 0 bridgehead atoms. The summed E-state index contributed by atoms with van der Waals surface area (Å²) in [5, 5.41) is 16.5. The van der Waals surface area contributed by atoms with Crippen LogP contribution in [0.4, 0.5) is 4.79 Å². The Morgan fingerprint density at radius 1 is 1.52 bits per heavy atom. The first-order chi connectivity index (χ1) is 10.1. The van der Waals surface area contributed by atoms with Crippen LogP contribution in [0, 0.1) is 5.92 Å². The Morgan fingerprint density at radius 3 is 2.95 bits per heavy atom. The van der Waals surface area contributed by atoms with Gasteiger partial charge >= 0.3 is 12.0 Å². The molecule has 1 fully saturated rings. The van der Waals surface area contributed by atoms with E-state index in [1.165, 1.54) is 16.7 Å². The summed E-state index contributed by atoms with van der Waals surface area (Å²) in [4.78, 5) is 26.3. The number of thiazole rings is 1. The average molecular weight is 313 g/mol. The van der Waals surface area contributed by atoms with Gasteiger partial charge in [0.2, 0.25) is 0 Å². The molecule has 2 heterocycles. The zero-order valence-electron chi connectivity index (χ0n) is 11.8. The highest BCUT2D eigenvalue weighted by Crippen LogP contribution is 2.19. The van der Waals surface area contributed by atoms with Crippen molar-refractivity contribution in [1.29, 1.82) is 0 Å². The second-order valence-corrected chi connectivity index (χ2v) is 5.89. The number of urea groups is 1. The molecule has 116 valence electrons. The first-order valence-corrected chi connectivity index (χ1v) is 7.75. The smallest absolute Gasteiger partial charge is 0.355 e. The number of hydrogen-bond donors (Lipinski definition) is 3. The van der Waals surface area contributed by atoms with Crippen molar-refractivity contribution < 1.29 is 19.4 Å². The highest BCUT2D eigenvalue weighted by molar-refractivity contribution is 7.09. The van der Waals surface area contributed by atoms with Crippen molar-refractivity contribution in [3.63, 3.8) is 0 Å². The van der Waals surface area contributed by atoms with E-state index in [1.807, 2.05) is 6.92 Å². The van der Waals surface area contributed by atoms with Gasteiger partial charge in [-0.05, 0) is 13.3 Å². The molecule has 2 rings (SSSR count). The number of nitrogens with zero attached hydrogens (tertiary/aromatic N) is 1. The Bertz CT molecular complexity index is 505. The summed E-state index contributed by atoms with van der Waals surface area (Å²) in [6.07, 6.45) is 1.68. The maximum absolute atomic E-state index is 11.6. The van der Waals surface area contributed by atoms with Crippen LogP contribution in [0.15, 0.2) is 5.38 Å². The fourth-order valence-electron chi connectivity index (χ4n) is 2.14. The van der Waals surface area contributed by atoms with Crippen LogP contribution in [0.1, 0.15) is 28.8 Å². The quantitative estimate of drug-likeness (QED) is 0.730. The minimum Gasteiger partial charge on any atom is -0.476 e. The summed E-state index contributed by atoms with van der Waals surface area (Å²) in [7, 11) is 0. The molecule has 0 saturated carbocycles. The molecule has 1 aromatic heterocycles. The van der Waals surface area contributed by atoms with E-state index >= 15 is 0 Å². The molecule has 1 saturated heterocycles. The van der Waals surface area contributed by atoms with Crippen LogP contribution in [0.2, 0.25) is 0 Å². The third kappa shape index (κ3) is 4.68. The molecule has 2 amide bonds. The first kappa shape index (κ1) is 15.7. The molecule has 0 aliphatic carbocycles. The summed E-state index contributed by atoms with van der Waals surface area (Å²) in [6.45, 7) is 3.80. The molecular weight excluding hydrogens is 294 g/mol. The minimum atomic E-state index is -1.03. The summed E-state index contributed by atoms with van der Waals surface area (Å²) in [5.41, 5.74) is 0.0506. The van der Waals surface area contributed by atoms with Gasteiger partial charge in [-0.3, -0.25) is 0 Å².